The number of methoxy groups -OCH3 is 1. The van der Waals surface area contributed by atoms with Crippen LogP contribution in [0.2, 0.25) is 0 Å². The summed E-state index contributed by atoms with van der Waals surface area (Å²) in [4.78, 5) is 11.7. The first kappa shape index (κ1) is 27.9. The predicted octanol–water partition coefficient (Wildman–Crippen LogP) is 4.93. The van der Waals surface area contributed by atoms with Crippen molar-refractivity contribution in [1.82, 2.24) is 15.0 Å². The van der Waals surface area contributed by atoms with Crippen LogP contribution in [0.5, 0.6) is 5.75 Å². The van der Waals surface area contributed by atoms with Gasteiger partial charge in [-0.2, -0.15) is 0 Å². The summed E-state index contributed by atoms with van der Waals surface area (Å²) >= 11 is 0. The van der Waals surface area contributed by atoms with Gasteiger partial charge in [0.1, 0.15) is 23.5 Å². The number of aromatic amines is 1. The second kappa shape index (κ2) is 12.2. The molecule has 5 atom stereocenters. The normalized spacial score (nSPS) is 24.9. The van der Waals surface area contributed by atoms with Crippen molar-refractivity contribution in [1.29, 1.82) is 5.41 Å². The Morgan fingerprint density at radius 1 is 1.25 bits per heavy atom. The highest BCUT2D eigenvalue weighted by atomic mass is 19.1. The summed E-state index contributed by atoms with van der Waals surface area (Å²) < 4.78 is 45.8. The summed E-state index contributed by atoms with van der Waals surface area (Å²) in [7, 11) is 1.71. The van der Waals surface area contributed by atoms with Crippen LogP contribution in [0.4, 0.5) is 20.4 Å². The minimum Gasteiger partial charge on any atom is -0.488 e. The smallest absolute Gasteiger partial charge is 0.205 e. The molecule has 9 nitrogen and oxygen atoms in total. The molecule has 2 aliphatic rings. The molecule has 0 radical (unpaired) electrons. The molecule has 1 aliphatic carbocycles. The highest BCUT2D eigenvalue weighted by Crippen LogP contribution is 2.39. The molecule has 1 aromatic carbocycles. The molecule has 0 amide bonds. The Kier molecular flexibility index (Phi) is 8.53. The number of imidazole rings is 1. The van der Waals surface area contributed by atoms with Crippen molar-refractivity contribution in [2.45, 2.75) is 50.4 Å². The third-order valence-electron chi connectivity index (χ3n) is 7.52. The van der Waals surface area contributed by atoms with Gasteiger partial charge in [0.05, 0.1) is 54.4 Å². The van der Waals surface area contributed by atoms with E-state index in [9.17, 15) is 8.78 Å². The number of nitrogens with two attached hydrogens (primary N) is 1. The minimum atomic E-state index is -0.867. The van der Waals surface area contributed by atoms with Gasteiger partial charge in [-0.05, 0) is 48.5 Å². The molecule has 0 bridgehead atoms. The summed E-state index contributed by atoms with van der Waals surface area (Å²) in [6, 6.07) is 4.12. The van der Waals surface area contributed by atoms with Gasteiger partial charge in [-0.15, -0.1) is 0 Å². The topological polar surface area (TPSA) is 131 Å². The number of nitrogens with one attached hydrogen (secondary N) is 3. The highest BCUT2D eigenvalue weighted by Gasteiger charge is 2.35. The predicted molar refractivity (Wildman–Crippen MR) is 148 cm³/mol. The number of nitrogens with zero attached hydrogens (tertiary/aromatic N) is 2. The van der Waals surface area contributed by atoms with E-state index in [1.807, 2.05) is 6.07 Å². The van der Waals surface area contributed by atoms with Gasteiger partial charge in [-0.3, -0.25) is 4.98 Å². The van der Waals surface area contributed by atoms with Gasteiger partial charge >= 0.3 is 0 Å². The van der Waals surface area contributed by atoms with Crippen molar-refractivity contribution >= 4 is 23.4 Å². The average Bonchev–Trinajstić information content (AvgIpc) is 3.59. The first-order chi connectivity index (χ1) is 19.3. The van der Waals surface area contributed by atoms with Gasteiger partial charge in [-0.1, -0.05) is 6.92 Å². The summed E-state index contributed by atoms with van der Waals surface area (Å²) in [5, 5.41) is 11.5. The van der Waals surface area contributed by atoms with Gasteiger partial charge in [0.2, 0.25) is 5.95 Å². The molecule has 5 N–H and O–H groups in total. The molecule has 40 heavy (non-hydrogen) atoms. The maximum atomic E-state index is 14.7. The van der Waals surface area contributed by atoms with Crippen molar-refractivity contribution in [3.05, 3.63) is 71.3 Å². The zero-order valence-corrected chi connectivity index (χ0v) is 22.5. The molecule has 2 aromatic heterocycles. The van der Waals surface area contributed by atoms with Crippen molar-refractivity contribution in [3.8, 4) is 5.75 Å². The Labute approximate surface area is 231 Å². The molecule has 3 aromatic rings. The van der Waals surface area contributed by atoms with E-state index in [1.54, 1.807) is 25.7 Å². The Balaban J connectivity index is 1.25. The van der Waals surface area contributed by atoms with Gasteiger partial charge in [-0.25, -0.2) is 13.8 Å². The zero-order chi connectivity index (χ0) is 28.2. The van der Waals surface area contributed by atoms with E-state index in [0.29, 0.717) is 37.2 Å². The van der Waals surface area contributed by atoms with E-state index in [-0.39, 0.29) is 35.6 Å². The third kappa shape index (κ3) is 6.22. The second-order valence-electron chi connectivity index (χ2n) is 10.4. The molecule has 0 spiro atoms. The lowest BCUT2D eigenvalue weighted by molar-refractivity contribution is 0.00984. The summed E-state index contributed by atoms with van der Waals surface area (Å²) in [6.45, 7) is 3.10. The highest BCUT2D eigenvalue weighted by molar-refractivity contribution is 6.09. The van der Waals surface area contributed by atoms with Crippen LogP contribution in [-0.4, -0.2) is 59.2 Å². The number of halogens is 2. The van der Waals surface area contributed by atoms with Gasteiger partial charge in [0, 0.05) is 37.9 Å². The van der Waals surface area contributed by atoms with Crippen LogP contribution in [-0.2, 0) is 9.47 Å². The average molecular weight is 553 g/mol. The third-order valence-corrected chi connectivity index (χ3v) is 7.52. The van der Waals surface area contributed by atoms with Crippen LogP contribution in [0.25, 0.3) is 6.08 Å². The number of hydrogen-bond donors (Lipinski definition) is 4. The quantitative estimate of drug-likeness (QED) is 0.277. The zero-order valence-electron chi connectivity index (χ0n) is 22.5. The summed E-state index contributed by atoms with van der Waals surface area (Å²) in [5.74, 6) is -0.631. The fourth-order valence-electron chi connectivity index (χ4n) is 5.63. The summed E-state index contributed by atoms with van der Waals surface area (Å²) in [6.07, 6.45) is 10.1. The molecule has 3 heterocycles. The number of aromatic nitrogens is 3. The number of anilines is 2. The van der Waals surface area contributed by atoms with Crippen molar-refractivity contribution in [2.24, 2.45) is 11.7 Å². The Morgan fingerprint density at radius 2 is 2.05 bits per heavy atom. The van der Waals surface area contributed by atoms with Crippen molar-refractivity contribution in [2.75, 3.05) is 25.6 Å². The lowest BCUT2D eigenvalue weighted by Gasteiger charge is -2.38. The van der Waals surface area contributed by atoms with Crippen LogP contribution in [0.3, 0.4) is 0 Å². The fraction of sp³-hybridized carbons (Fsp3) is 0.414. The maximum Gasteiger partial charge on any atom is 0.205 e. The number of hydrogen-bond acceptors (Lipinski definition) is 8. The van der Waals surface area contributed by atoms with Crippen molar-refractivity contribution < 1.29 is 23.0 Å². The molecule has 1 aliphatic heterocycles. The largest absolute Gasteiger partial charge is 0.488 e. The van der Waals surface area contributed by atoms with Crippen LogP contribution in [0.1, 0.15) is 48.9 Å². The van der Waals surface area contributed by atoms with Crippen LogP contribution in [0.15, 0.2) is 42.9 Å². The Bertz CT molecular complexity index is 1340. The molecule has 2 fully saturated rings. The van der Waals surface area contributed by atoms with Crippen LogP contribution in [0, 0.1) is 23.0 Å². The monoisotopic (exact) mass is 552 g/mol. The first-order valence-electron chi connectivity index (χ1n) is 13.4. The van der Waals surface area contributed by atoms with Gasteiger partial charge in [0.15, 0.2) is 0 Å². The number of allylic oxidation sites excluding steroid dienone is 1. The first-order valence-corrected chi connectivity index (χ1v) is 13.4. The standard InChI is InChI=1S/C29H34F2N6O3/c1-16-9-17(10-25(33)28(16)38-2)21-5-7-34-14-26(21)37-29-35-13-18(36-29)3-4-24(32)27-22(30)11-20(12-23(27)31)40-19-6-8-39-15-19/h3-5,7,11-14,16-17,19,25,28,32H,6,8-10,15,33H2,1-2H3,(H2,35,36,37)/b4-3-,32-24?. The van der Waals surface area contributed by atoms with E-state index < -0.39 is 17.2 Å². The second-order valence-corrected chi connectivity index (χ2v) is 10.4. The van der Waals surface area contributed by atoms with E-state index in [2.05, 4.69) is 27.2 Å². The SMILES string of the molecule is COC1C(C)CC(c2ccncc2Nc2ncc(/C=C\C(=N)c3c(F)cc(OC4CCOC4)cc3F)[nH]2)CC1N. The van der Waals surface area contributed by atoms with Gasteiger partial charge in [0.25, 0.3) is 0 Å². The number of rotatable bonds is 9. The Morgan fingerprint density at radius 3 is 2.75 bits per heavy atom. The lowest BCUT2D eigenvalue weighted by atomic mass is 9.74. The molecule has 5 unspecified atom stereocenters. The van der Waals surface area contributed by atoms with Crippen LogP contribution >= 0.6 is 0 Å². The van der Waals surface area contributed by atoms with E-state index in [4.69, 9.17) is 25.4 Å². The van der Waals surface area contributed by atoms with Crippen molar-refractivity contribution in [3.63, 3.8) is 0 Å². The molecule has 11 heteroatoms. The van der Waals surface area contributed by atoms with E-state index in [1.165, 1.54) is 12.2 Å². The van der Waals surface area contributed by atoms with Crippen LogP contribution < -0.4 is 15.8 Å². The minimum absolute atomic E-state index is 0.0351. The Hall–Kier alpha value is -3.67. The molecule has 1 saturated heterocycles. The lowest BCUT2D eigenvalue weighted by Crippen LogP contribution is -2.45. The van der Waals surface area contributed by atoms with Gasteiger partial charge < -0.3 is 35.7 Å². The molecule has 5 rings (SSSR count). The molecular formula is C29H34F2N6O3. The number of H-pyrrole nitrogens is 1. The molecule has 212 valence electrons. The molecular weight excluding hydrogens is 518 g/mol. The van der Waals surface area contributed by atoms with E-state index in [0.717, 1.165) is 36.2 Å². The van der Waals surface area contributed by atoms with E-state index >= 15 is 0 Å². The maximum absolute atomic E-state index is 14.7. The fourth-order valence-corrected chi connectivity index (χ4v) is 5.63. The number of ether oxygens (including phenoxy) is 3. The summed E-state index contributed by atoms with van der Waals surface area (Å²) in [5.41, 5.74) is 8.13. The number of pyridine rings is 1. The number of benzene rings is 1. The molecule has 1 saturated carbocycles.